The smallest absolute Gasteiger partial charge is 0.136 e. The van der Waals surface area contributed by atoms with Crippen molar-refractivity contribution in [3.05, 3.63) is 0 Å². The first-order valence-electron chi connectivity index (χ1n) is 5.86. The number of ketones is 1. The van der Waals surface area contributed by atoms with Gasteiger partial charge in [-0.2, -0.15) is 0 Å². The minimum Gasteiger partial charge on any atom is -0.299 e. The Balaban J connectivity index is 2.24. The van der Waals surface area contributed by atoms with Gasteiger partial charge >= 0.3 is 0 Å². The van der Waals surface area contributed by atoms with Crippen LogP contribution in [0, 0.1) is 11.8 Å². The molecule has 0 aromatic carbocycles. The van der Waals surface area contributed by atoms with Crippen molar-refractivity contribution in [2.24, 2.45) is 11.8 Å². The largest absolute Gasteiger partial charge is 0.299 e. The van der Waals surface area contributed by atoms with Crippen molar-refractivity contribution in [3.63, 3.8) is 0 Å². The SMILES string of the molecule is CCCC1CCC(C(=O)CCBr)CC1. The zero-order valence-corrected chi connectivity index (χ0v) is 10.7. The zero-order chi connectivity index (χ0) is 10.4. The fraction of sp³-hybridized carbons (Fsp3) is 0.917. The fourth-order valence-electron chi connectivity index (χ4n) is 2.48. The molecule has 2 heteroatoms. The summed E-state index contributed by atoms with van der Waals surface area (Å²) in [6.07, 6.45) is 8.25. The molecule has 1 aliphatic carbocycles. The van der Waals surface area contributed by atoms with Gasteiger partial charge in [0.1, 0.15) is 5.78 Å². The van der Waals surface area contributed by atoms with Crippen molar-refractivity contribution in [3.8, 4) is 0 Å². The van der Waals surface area contributed by atoms with Crippen LogP contribution in [0.25, 0.3) is 0 Å². The topological polar surface area (TPSA) is 17.1 Å². The highest BCUT2D eigenvalue weighted by Gasteiger charge is 2.24. The minimum absolute atomic E-state index is 0.389. The predicted octanol–water partition coefficient (Wildman–Crippen LogP) is 3.95. The molecule has 0 saturated heterocycles. The molecule has 0 atom stereocenters. The van der Waals surface area contributed by atoms with Crippen LogP contribution in [0.1, 0.15) is 51.9 Å². The number of hydrogen-bond donors (Lipinski definition) is 0. The van der Waals surface area contributed by atoms with Gasteiger partial charge in [-0.05, 0) is 31.6 Å². The summed E-state index contributed by atoms with van der Waals surface area (Å²) in [5.74, 6) is 1.78. The Bertz CT molecular complexity index is 171. The van der Waals surface area contributed by atoms with Crippen LogP contribution in [0.3, 0.4) is 0 Å². The lowest BCUT2D eigenvalue weighted by Crippen LogP contribution is -2.21. The van der Waals surface area contributed by atoms with Gasteiger partial charge in [0.25, 0.3) is 0 Å². The second-order valence-corrected chi connectivity index (χ2v) is 5.20. The molecule has 1 saturated carbocycles. The van der Waals surface area contributed by atoms with Crippen LogP contribution in [0.5, 0.6) is 0 Å². The monoisotopic (exact) mass is 260 g/mol. The van der Waals surface area contributed by atoms with Crippen molar-refractivity contribution >= 4 is 21.7 Å². The summed E-state index contributed by atoms with van der Waals surface area (Å²) in [6.45, 7) is 2.25. The van der Waals surface area contributed by atoms with Crippen LogP contribution in [-0.2, 0) is 4.79 Å². The van der Waals surface area contributed by atoms with Crippen molar-refractivity contribution in [1.29, 1.82) is 0 Å². The lowest BCUT2D eigenvalue weighted by atomic mass is 9.78. The first-order chi connectivity index (χ1) is 6.77. The van der Waals surface area contributed by atoms with E-state index >= 15 is 0 Å². The van der Waals surface area contributed by atoms with Crippen molar-refractivity contribution < 1.29 is 4.79 Å². The average molecular weight is 261 g/mol. The van der Waals surface area contributed by atoms with Crippen molar-refractivity contribution in [2.45, 2.75) is 51.9 Å². The van der Waals surface area contributed by atoms with Gasteiger partial charge in [-0.1, -0.05) is 35.7 Å². The molecule has 0 spiro atoms. The molecule has 0 amide bonds. The van der Waals surface area contributed by atoms with Crippen LogP contribution in [0.4, 0.5) is 0 Å². The Hall–Kier alpha value is 0.150. The van der Waals surface area contributed by atoms with E-state index in [4.69, 9.17) is 0 Å². The number of carbonyl (C=O) groups is 1. The third kappa shape index (κ3) is 3.72. The van der Waals surface area contributed by atoms with Crippen molar-refractivity contribution in [1.82, 2.24) is 0 Å². The maximum absolute atomic E-state index is 11.6. The summed E-state index contributed by atoms with van der Waals surface area (Å²) in [5.41, 5.74) is 0. The first kappa shape index (κ1) is 12.2. The van der Waals surface area contributed by atoms with Crippen LogP contribution in [0.2, 0.25) is 0 Å². The highest BCUT2D eigenvalue weighted by Crippen LogP contribution is 2.32. The van der Waals surface area contributed by atoms with Crippen LogP contribution in [-0.4, -0.2) is 11.1 Å². The van der Waals surface area contributed by atoms with E-state index in [1.807, 2.05) is 0 Å². The van der Waals surface area contributed by atoms with Crippen LogP contribution in [0.15, 0.2) is 0 Å². The van der Waals surface area contributed by atoms with Crippen LogP contribution < -0.4 is 0 Å². The molecule has 0 aromatic rings. The van der Waals surface area contributed by atoms with Gasteiger partial charge in [0.05, 0.1) is 0 Å². The Morgan fingerprint density at radius 3 is 2.43 bits per heavy atom. The summed E-state index contributed by atoms with van der Waals surface area (Å²) in [4.78, 5) is 11.6. The molecule has 0 radical (unpaired) electrons. The van der Waals surface area contributed by atoms with Crippen molar-refractivity contribution in [2.75, 3.05) is 5.33 Å². The molecule has 0 unspecified atom stereocenters. The number of hydrogen-bond acceptors (Lipinski definition) is 1. The Morgan fingerprint density at radius 2 is 1.93 bits per heavy atom. The van der Waals surface area contributed by atoms with Gasteiger partial charge in [0.2, 0.25) is 0 Å². The molecule has 1 nitrogen and oxygen atoms in total. The third-order valence-electron chi connectivity index (χ3n) is 3.34. The van der Waals surface area contributed by atoms with Gasteiger partial charge in [-0.15, -0.1) is 0 Å². The molecule has 0 N–H and O–H groups in total. The van der Waals surface area contributed by atoms with E-state index in [1.165, 1.54) is 25.7 Å². The number of Topliss-reactive ketones (excluding diaryl/α,β-unsaturated/α-hetero) is 1. The second-order valence-electron chi connectivity index (χ2n) is 4.41. The van der Waals surface area contributed by atoms with Gasteiger partial charge in [0, 0.05) is 17.7 Å². The van der Waals surface area contributed by atoms with E-state index in [0.717, 1.165) is 30.5 Å². The summed E-state index contributed by atoms with van der Waals surface area (Å²) in [7, 11) is 0. The predicted molar refractivity (Wildman–Crippen MR) is 63.8 cm³/mol. The second kappa shape index (κ2) is 6.60. The highest BCUT2D eigenvalue weighted by molar-refractivity contribution is 9.09. The van der Waals surface area contributed by atoms with Gasteiger partial charge in [-0.3, -0.25) is 4.79 Å². The molecule has 1 fully saturated rings. The average Bonchev–Trinajstić information content (AvgIpc) is 2.20. The number of alkyl halides is 1. The molecule has 82 valence electrons. The van der Waals surface area contributed by atoms with E-state index in [-0.39, 0.29) is 0 Å². The Kier molecular flexibility index (Phi) is 5.76. The first-order valence-corrected chi connectivity index (χ1v) is 6.98. The summed E-state index contributed by atoms with van der Waals surface area (Å²) in [5, 5.41) is 0.834. The number of carbonyl (C=O) groups excluding carboxylic acids is 1. The normalized spacial score (nSPS) is 27.6. The maximum Gasteiger partial charge on any atom is 0.136 e. The number of rotatable bonds is 5. The summed E-state index contributed by atoms with van der Waals surface area (Å²) in [6, 6.07) is 0. The summed E-state index contributed by atoms with van der Waals surface area (Å²) < 4.78 is 0. The molecule has 0 bridgehead atoms. The Morgan fingerprint density at radius 1 is 1.29 bits per heavy atom. The molecular weight excluding hydrogens is 240 g/mol. The van der Waals surface area contributed by atoms with E-state index in [0.29, 0.717) is 11.7 Å². The lowest BCUT2D eigenvalue weighted by Gasteiger charge is -2.27. The quantitative estimate of drug-likeness (QED) is 0.685. The summed E-state index contributed by atoms with van der Waals surface area (Å²) >= 11 is 3.33. The Labute approximate surface area is 95.8 Å². The maximum atomic E-state index is 11.6. The van der Waals surface area contributed by atoms with Gasteiger partial charge in [-0.25, -0.2) is 0 Å². The molecule has 14 heavy (non-hydrogen) atoms. The fourth-order valence-corrected chi connectivity index (χ4v) is 2.87. The van der Waals surface area contributed by atoms with Crippen LogP contribution >= 0.6 is 15.9 Å². The standard InChI is InChI=1S/C12H21BrO/c1-2-3-10-4-6-11(7-5-10)12(14)8-9-13/h10-11H,2-9H2,1H3. The van der Waals surface area contributed by atoms with Gasteiger partial charge in [0.15, 0.2) is 0 Å². The molecular formula is C12H21BrO. The van der Waals surface area contributed by atoms with Gasteiger partial charge < -0.3 is 0 Å². The molecule has 0 aliphatic heterocycles. The number of halogens is 1. The van der Waals surface area contributed by atoms with E-state index in [9.17, 15) is 4.79 Å². The lowest BCUT2D eigenvalue weighted by molar-refractivity contribution is -0.123. The molecule has 0 heterocycles. The molecule has 1 rings (SSSR count). The highest BCUT2D eigenvalue weighted by atomic mass is 79.9. The third-order valence-corrected chi connectivity index (χ3v) is 3.74. The van der Waals surface area contributed by atoms with E-state index in [1.54, 1.807) is 0 Å². The molecule has 1 aliphatic rings. The van der Waals surface area contributed by atoms with E-state index < -0.39 is 0 Å². The van der Waals surface area contributed by atoms with E-state index in [2.05, 4.69) is 22.9 Å². The minimum atomic E-state index is 0.389. The zero-order valence-electron chi connectivity index (χ0n) is 9.10. The molecule has 0 aromatic heterocycles.